The summed E-state index contributed by atoms with van der Waals surface area (Å²) >= 11 is 0. The lowest BCUT2D eigenvalue weighted by Gasteiger charge is -2.21. The topological polar surface area (TPSA) is 121 Å². The molecule has 9 nitrogen and oxygen atoms in total. The van der Waals surface area contributed by atoms with E-state index in [1.165, 1.54) is 24.3 Å². The van der Waals surface area contributed by atoms with Gasteiger partial charge in [0.15, 0.2) is 5.82 Å². The van der Waals surface area contributed by atoms with Crippen molar-refractivity contribution < 1.29 is 23.6 Å². The molecule has 0 unspecified atom stereocenters. The van der Waals surface area contributed by atoms with E-state index in [9.17, 15) is 19.1 Å². The van der Waals surface area contributed by atoms with E-state index in [1.54, 1.807) is 12.1 Å². The van der Waals surface area contributed by atoms with Crippen molar-refractivity contribution in [3.63, 3.8) is 0 Å². The second-order valence-corrected chi connectivity index (χ2v) is 7.16. The second kappa shape index (κ2) is 11.1. The third-order valence-electron chi connectivity index (χ3n) is 4.69. The number of nitrogens with zero attached hydrogens (tertiary/aromatic N) is 3. The van der Waals surface area contributed by atoms with Crippen LogP contribution in [0.4, 0.5) is 10.1 Å². The summed E-state index contributed by atoms with van der Waals surface area (Å²) in [4.78, 5) is 27.5. The number of hydrogen-bond donors (Lipinski definition) is 3. The van der Waals surface area contributed by atoms with Crippen LogP contribution in [0.3, 0.4) is 0 Å². The molecular weight excluding hydrogens is 417 g/mol. The first-order valence-electron chi connectivity index (χ1n) is 9.95. The Bertz CT molecular complexity index is 1030. The van der Waals surface area contributed by atoms with Gasteiger partial charge in [-0.3, -0.25) is 9.59 Å². The zero-order valence-corrected chi connectivity index (χ0v) is 17.5. The number of amides is 2. The molecule has 0 aliphatic carbocycles. The van der Waals surface area contributed by atoms with Crippen molar-refractivity contribution in [2.45, 2.75) is 26.1 Å². The van der Waals surface area contributed by atoms with Crippen LogP contribution in [0.2, 0.25) is 0 Å². The number of carbonyl (C=O) groups is 2. The van der Waals surface area contributed by atoms with E-state index in [-0.39, 0.29) is 19.0 Å². The summed E-state index contributed by atoms with van der Waals surface area (Å²) in [5, 5.41) is 19.4. The molecule has 168 valence electrons. The van der Waals surface area contributed by atoms with Crippen molar-refractivity contribution in [2.75, 3.05) is 18.0 Å². The Labute approximate surface area is 184 Å². The van der Waals surface area contributed by atoms with Gasteiger partial charge in [0.05, 0.1) is 19.2 Å². The lowest BCUT2D eigenvalue weighted by molar-refractivity contribution is -0.119. The Kier molecular flexibility index (Phi) is 8.01. The van der Waals surface area contributed by atoms with Crippen molar-refractivity contribution >= 4 is 18.0 Å². The molecular formula is C22H24FN5O4. The van der Waals surface area contributed by atoms with Crippen molar-refractivity contribution in [1.29, 1.82) is 0 Å². The monoisotopic (exact) mass is 441 g/mol. The van der Waals surface area contributed by atoms with Crippen molar-refractivity contribution in [2.24, 2.45) is 0 Å². The van der Waals surface area contributed by atoms with Crippen molar-refractivity contribution in [3.05, 3.63) is 66.1 Å². The van der Waals surface area contributed by atoms with E-state index in [0.29, 0.717) is 42.1 Å². The standard InChI is InChI=1S/C22H24FN5O4/c1-15(30)25-10-19(31)12-28(14-29)18-6-7-20(21(23)8-18)17-4-2-16(3-5-17)9-24-11-22-26-13-32-27-22/h2-8,13-14,19,24,31H,9-12H2,1H3,(H,25,30)/t19-/m0/s1. The van der Waals surface area contributed by atoms with Crippen molar-refractivity contribution in [1.82, 2.24) is 20.8 Å². The molecule has 10 heteroatoms. The highest BCUT2D eigenvalue weighted by Gasteiger charge is 2.15. The molecule has 3 rings (SSSR count). The predicted octanol–water partition coefficient (Wildman–Crippen LogP) is 1.63. The zero-order chi connectivity index (χ0) is 22.9. The van der Waals surface area contributed by atoms with Gasteiger partial charge in [0.2, 0.25) is 18.7 Å². The fourth-order valence-electron chi connectivity index (χ4n) is 3.07. The maximum absolute atomic E-state index is 14.8. The van der Waals surface area contributed by atoms with Crippen LogP contribution in [-0.4, -0.2) is 46.8 Å². The number of aliphatic hydroxyl groups excluding tert-OH is 1. The summed E-state index contributed by atoms with van der Waals surface area (Å²) in [7, 11) is 0. The molecule has 0 bridgehead atoms. The van der Waals surface area contributed by atoms with Gasteiger partial charge in [-0.1, -0.05) is 29.4 Å². The summed E-state index contributed by atoms with van der Waals surface area (Å²) in [6.07, 6.45) is 0.809. The van der Waals surface area contributed by atoms with Gasteiger partial charge < -0.3 is 25.2 Å². The average molecular weight is 441 g/mol. The van der Waals surface area contributed by atoms with Gasteiger partial charge in [-0.2, -0.15) is 4.98 Å². The second-order valence-electron chi connectivity index (χ2n) is 7.16. The fourth-order valence-corrected chi connectivity index (χ4v) is 3.07. The molecule has 2 aromatic carbocycles. The first kappa shape index (κ1) is 23.0. The number of nitrogens with one attached hydrogen (secondary N) is 2. The summed E-state index contributed by atoms with van der Waals surface area (Å²) in [5.74, 6) is -0.213. The lowest BCUT2D eigenvalue weighted by atomic mass is 10.0. The first-order valence-corrected chi connectivity index (χ1v) is 9.95. The Morgan fingerprint density at radius 2 is 2.03 bits per heavy atom. The smallest absolute Gasteiger partial charge is 0.216 e. The SMILES string of the molecule is CC(=O)NC[C@H](O)CN(C=O)c1ccc(-c2ccc(CNCc3ncon3)cc2)c(F)c1. The first-order chi connectivity index (χ1) is 15.5. The van der Waals surface area contributed by atoms with Gasteiger partial charge in [0.25, 0.3) is 0 Å². The Hall–Kier alpha value is -3.63. The lowest BCUT2D eigenvalue weighted by Crippen LogP contribution is -2.39. The van der Waals surface area contributed by atoms with Gasteiger partial charge in [0, 0.05) is 31.3 Å². The number of halogens is 1. The van der Waals surface area contributed by atoms with Gasteiger partial charge in [-0.25, -0.2) is 4.39 Å². The number of hydrogen-bond acceptors (Lipinski definition) is 7. The minimum absolute atomic E-state index is 0.00343. The van der Waals surface area contributed by atoms with Crippen LogP contribution < -0.4 is 15.5 Å². The molecule has 0 spiro atoms. The molecule has 0 aliphatic rings. The summed E-state index contributed by atoms with van der Waals surface area (Å²) in [5.41, 5.74) is 2.41. The van der Waals surface area contributed by atoms with E-state index < -0.39 is 11.9 Å². The van der Waals surface area contributed by atoms with Gasteiger partial charge >= 0.3 is 0 Å². The quantitative estimate of drug-likeness (QED) is 0.387. The van der Waals surface area contributed by atoms with E-state index in [2.05, 4.69) is 25.3 Å². The minimum atomic E-state index is -0.979. The third-order valence-corrected chi connectivity index (χ3v) is 4.69. The number of carbonyl (C=O) groups excluding carboxylic acids is 2. The number of aromatic nitrogens is 2. The van der Waals surface area contributed by atoms with E-state index in [0.717, 1.165) is 5.56 Å². The van der Waals surface area contributed by atoms with E-state index in [1.807, 2.05) is 24.3 Å². The summed E-state index contributed by atoms with van der Waals surface area (Å²) < 4.78 is 19.5. The zero-order valence-electron chi connectivity index (χ0n) is 17.5. The molecule has 0 aliphatic heterocycles. The van der Waals surface area contributed by atoms with Crippen LogP contribution in [0.1, 0.15) is 18.3 Å². The van der Waals surface area contributed by atoms with E-state index in [4.69, 9.17) is 0 Å². The molecule has 3 N–H and O–H groups in total. The van der Waals surface area contributed by atoms with E-state index >= 15 is 0 Å². The van der Waals surface area contributed by atoms with Crippen LogP contribution in [0, 0.1) is 5.82 Å². The average Bonchev–Trinajstić information content (AvgIpc) is 3.30. The Morgan fingerprint density at radius 1 is 1.25 bits per heavy atom. The molecule has 0 saturated carbocycles. The molecule has 1 heterocycles. The maximum atomic E-state index is 14.8. The predicted molar refractivity (Wildman–Crippen MR) is 115 cm³/mol. The van der Waals surface area contributed by atoms with Crippen molar-refractivity contribution in [3.8, 4) is 11.1 Å². The minimum Gasteiger partial charge on any atom is -0.389 e. The van der Waals surface area contributed by atoms with Crippen LogP contribution in [0.5, 0.6) is 0 Å². The molecule has 1 atom stereocenters. The van der Waals surface area contributed by atoms with Crippen LogP contribution in [-0.2, 0) is 22.7 Å². The van der Waals surface area contributed by atoms with Gasteiger partial charge in [0.1, 0.15) is 5.82 Å². The molecule has 32 heavy (non-hydrogen) atoms. The summed E-state index contributed by atoms with van der Waals surface area (Å²) in [6.45, 7) is 2.31. The highest BCUT2D eigenvalue weighted by molar-refractivity contribution is 5.77. The highest BCUT2D eigenvalue weighted by atomic mass is 19.1. The maximum Gasteiger partial charge on any atom is 0.216 e. The van der Waals surface area contributed by atoms with Crippen LogP contribution in [0.25, 0.3) is 11.1 Å². The molecule has 2 amide bonds. The van der Waals surface area contributed by atoms with Crippen LogP contribution >= 0.6 is 0 Å². The molecule has 1 aromatic heterocycles. The molecule has 0 saturated heterocycles. The number of anilines is 1. The third kappa shape index (κ3) is 6.43. The normalized spacial score (nSPS) is 11.7. The number of benzene rings is 2. The highest BCUT2D eigenvalue weighted by Crippen LogP contribution is 2.27. The fraction of sp³-hybridized carbons (Fsp3) is 0.273. The number of aliphatic hydroxyl groups is 1. The van der Waals surface area contributed by atoms with Crippen LogP contribution in [0.15, 0.2) is 53.4 Å². The van der Waals surface area contributed by atoms with Gasteiger partial charge in [-0.05, 0) is 29.3 Å². The van der Waals surface area contributed by atoms with Gasteiger partial charge in [-0.15, -0.1) is 0 Å². The summed E-state index contributed by atoms with van der Waals surface area (Å²) in [6, 6.07) is 11.9. The molecule has 0 fully saturated rings. The largest absolute Gasteiger partial charge is 0.389 e. The number of rotatable bonds is 11. The molecule has 3 aromatic rings. The Morgan fingerprint density at radius 3 is 2.66 bits per heavy atom. The molecule has 0 radical (unpaired) electrons. The Balaban J connectivity index is 1.62.